The predicted molar refractivity (Wildman–Crippen MR) is 116 cm³/mol. The van der Waals surface area contributed by atoms with Gasteiger partial charge in [-0.1, -0.05) is 38.3 Å². The van der Waals surface area contributed by atoms with E-state index in [2.05, 4.69) is 12.2 Å². The molecule has 3 rings (SSSR count). The number of benzene rings is 2. The maximum absolute atomic E-state index is 12.5. The molecule has 0 saturated carbocycles. The summed E-state index contributed by atoms with van der Waals surface area (Å²) in [6.45, 7) is 4.55. The monoisotopic (exact) mass is 408 g/mol. The van der Waals surface area contributed by atoms with Crippen LogP contribution in [0, 0.1) is 0 Å². The molecule has 0 spiro atoms. The Kier molecular flexibility index (Phi) is 7.22. The third-order valence-electron chi connectivity index (χ3n) is 5.15. The molecule has 1 aliphatic heterocycles. The summed E-state index contributed by atoms with van der Waals surface area (Å²) in [6, 6.07) is 12.4. The van der Waals surface area contributed by atoms with Crippen LogP contribution in [0.2, 0.25) is 0 Å². The van der Waals surface area contributed by atoms with Gasteiger partial charge in [-0.05, 0) is 49.2 Å². The van der Waals surface area contributed by atoms with Crippen LogP contribution in [0.3, 0.4) is 0 Å². The van der Waals surface area contributed by atoms with Gasteiger partial charge >= 0.3 is 0 Å². The Bertz CT molecular complexity index is 939. The Morgan fingerprint density at radius 1 is 1.07 bits per heavy atom. The molecular formula is C24H28N2O4. The van der Waals surface area contributed by atoms with Crippen molar-refractivity contribution < 1.29 is 19.1 Å². The largest absolute Gasteiger partial charge is 0.482 e. The van der Waals surface area contributed by atoms with Crippen molar-refractivity contribution >= 4 is 23.3 Å². The number of amides is 2. The quantitative estimate of drug-likeness (QED) is 0.500. The van der Waals surface area contributed by atoms with Crippen LogP contribution in [0.1, 0.15) is 65.8 Å². The summed E-state index contributed by atoms with van der Waals surface area (Å²) in [6.07, 6.45) is 4.41. The van der Waals surface area contributed by atoms with Crippen molar-refractivity contribution in [3.05, 3.63) is 59.2 Å². The third-order valence-corrected chi connectivity index (χ3v) is 5.15. The number of ketones is 1. The second kappa shape index (κ2) is 10.1. The lowest BCUT2D eigenvalue weighted by atomic mass is 10.1. The van der Waals surface area contributed by atoms with Gasteiger partial charge in [0.2, 0.25) is 0 Å². The highest BCUT2D eigenvalue weighted by atomic mass is 16.5. The molecule has 1 aliphatic rings. The van der Waals surface area contributed by atoms with Crippen molar-refractivity contribution in [2.45, 2.75) is 46.1 Å². The highest BCUT2D eigenvalue weighted by molar-refractivity contribution is 6.01. The van der Waals surface area contributed by atoms with Crippen molar-refractivity contribution in [2.24, 2.45) is 0 Å². The SMILES string of the molecule is CCCCCCNC(=O)c1cccc(CN2C(=O)COc3ccc(C(C)=O)cc32)c1. The minimum Gasteiger partial charge on any atom is -0.482 e. The lowest BCUT2D eigenvalue weighted by molar-refractivity contribution is -0.121. The molecule has 0 unspecified atom stereocenters. The number of fused-ring (bicyclic) bond motifs is 1. The summed E-state index contributed by atoms with van der Waals surface area (Å²) >= 11 is 0. The molecule has 0 bridgehead atoms. The number of hydrogen-bond donors (Lipinski definition) is 1. The molecule has 6 heteroatoms. The van der Waals surface area contributed by atoms with E-state index in [0.29, 0.717) is 35.7 Å². The van der Waals surface area contributed by atoms with Gasteiger partial charge in [0.25, 0.3) is 11.8 Å². The van der Waals surface area contributed by atoms with E-state index in [1.54, 1.807) is 35.2 Å². The van der Waals surface area contributed by atoms with Crippen molar-refractivity contribution in [2.75, 3.05) is 18.1 Å². The zero-order valence-corrected chi connectivity index (χ0v) is 17.6. The molecule has 2 aromatic carbocycles. The molecule has 0 aromatic heterocycles. The van der Waals surface area contributed by atoms with E-state index < -0.39 is 0 Å². The van der Waals surface area contributed by atoms with E-state index in [-0.39, 0.29) is 24.2 Å². The van der Waals surface area contributed by atoms with Crippen molar-refractivity contribution in [1.82, 2.24) is 5.32 Å². The van der Waals surface area contributed by atoms with Crippen LogP contribution in [0.5, 0.6) is 5.75 Å². The van der Waals surface area contributed by atoms with Crippen LogP contribution in [-0.4, -0.2) is 30.7 Å². The van der Waals surface area contributed by atoms with Gasteiger partial charge in [-0.25, -0.2) is 0 Å². The van der Waals surface area contributed by atoms with Gasteiger partial charge < -0.3 is 15.0 Å². The van der Waals surface area contributed by atoms with Gasteiger partial charge in [0.15, 0.2) is 12.4 Å². The molecule has 0 aliphatic carbocycles. The lowest BCUT2D eigenvalue weighted by Gasteiger charge is -2.30. The number of hydrogen-bond acceptors (Lipinski definition) is 4. The molecule has 30 heavy (non-hydrogen) atoms. The highest BCUT2D eigenvalue weighted by Gasteiger charge is 2.26. The number of nitrogens with one attached hydrogen (secondary N) is 1. The molecule has 158 valence electrons. The molecule has 1 N–H and O–H groups in total. The molecule has 2 aromatic rings. The van der Waals surface area contributed by atoms with E-state index in [4.69, 9.17) is 4.74 Å². The Balaban J connectivity index is 1.73. The number of Topliss-reactive ketones (excluding diaryl/α,β-unsaturated/α-hetero) is 1. The Morgan fingerprint density at radius 3 is 2.67 bits per heavy atom. The fourth-order valence-corrected chi connectivity index (χ4v) is 3.44. The number of anilines is 1. The summed E-state index contributed by atoms with van der Waals surface area (Å²) in [5.41, 5.74) is 2.50. The Labute approximate surface area is 177 Å². The van der Waals surface area contributed by atoms with Gasteiger partial charge in [0.1, 0.15) is 5.75 Å². The first-order chi connectivity index (χ1) is 14.5. The maximum Gasteiger partial charge on any atom is 0.265 e. The molecule has 6 nitrogen and oxygen atoms in total. The first-order valence-corrected chi connectivity index (χ1v) is 10.4. The summed E-state index contributed by atoms with van der Waals surface area (Å²) in [7, 11) is 0. The number of carbonyl (C=O) groups excluding carboxylic acids is 3. The zero-order valence-electron chi connectivity index (χ0n) is 17.6. The third kappa shape index (κ3) is 5.26. The number of rotatable bonds is 9. The number of unbranched alkanes of at least 4 members (excludes halogenated alkanes) is 3. The molecule has 1 heterocycles. The normalized spacial score (nSPS) is 12.9. The zero-order chi connectivity index (χ0) is 21.5. The Hall–Kier alpha value is -3.15. The van der Waals surface area contributed by atoms with Crippen LogP contribution in [-0.2, 0) is 11.3 Å². The fourth-order valence-electron chi connectivity index (χ4n) is 3.44. The van der Waals surface area contributed by atoms with Crippen LogP contribution in [0.4, 0.5) is 5.69 Å². The van der Waals surface area contributed by atoms with Crippen molar-refractivity contribution in [3.8, 4) is 5.75 Å². The van der Waals surface area contributed by atoms with Gasteiger partial charge in [-0.15, -0.1) is 0 Å². The molecular weight excluding hydrogens is 380 g/mol. The van der Waals surface area contributed by atoms with Crippen LogP contribution in [0.15, 0.2) is 42.5 Å². The summed E-state index contributed by atoms with van der Waals surface area (Å²) in [5, 5.41) is 2.96. The summed E-state index contributed by atoms with van der Waals surface area (Å²) < 4.78 is 5.51. The standard InChI is InChI=1S/C24H28N2O4/c1-3-4-5-6-12-25-24(29)20-9-7-8-18(13-20)15-26-21-14-19(17(2)27)10-11-22(21)30-16-23(26)28/h7-11,13-14H,3-6,12,15-16H2,1-2H3,(H,25,29). The van der Waals surface area contributed by atoms with E-state index >= 15 is 0 Å². The first-order valence-electron chi connectivity index (χ1n) is 10.4. The van der Waals surface area contributed by atoms with Gasteiger partial charge in [-0.2, -0.15) is 0 Å². The van der Waals surface area contributed by atoms with E-state index in [1.165, 1.54) is 13.3 Å². The average molecular weight is 408 g/mol. The lowest BCUT2D eigenvalue weighted by Crippen LogP contribution is -2.38. The maximum atomic E-state index is 12.5. The minimum atomic E-state index is -0.186. The minimum absolute atomic E-state index is 0.0512. The second-order valence-corrected chi connectivity index (χ2v) is 7.52. The molecule has 0 saturated heterocycles. The van der Waals surface area contributed by atoms with Gasteiger partial charge in [-0.3, -0.25) is 14.4 Å². The second-order valence-electron chi connectivity index (χ2n) is 7.52. The van der Waals surface area contributed by atoms with E-state index in [1.807, 2.05) is 12.1 Å². The van der Waals surface area contributed by atoms with Crippen LogP contribution >= 0.6 is 0 Å². The number of carbonyl (C=O) groups is 3. The number of ether oxygens (including phenoxy) is 1. The predicted octanol–water partition coefficient (Wildman–Crippen LogP) is 4.12. The van der Waals surface area contributed by atoms with E-state index in [0.717, 1.165) is 24.8 Å². The van der Waals surface area contributed by atoms with E-state index in [9.17, 15) is 14.4 Å². The van der Waals surface area contributed by atoms with Crippen LogP contribution < -0.4 is 15.0 Å². The molecule has 2 amide bonds. The first kappa shape index (κ1) is 21.6. The average Bonchev–Trinajstić information content (AvgIpc) is 2.75. The van der Waals surface area contributed by atoms with Gasteiger partial charge in [0, 0.05) is 17.7 Å². The summed E-state index contributed by atoms with van der Waals surface area (Å²) in [5.74, 6) is 0.198. The van der Waals surface area contributed by atoms with Gasteiger partial charge in [0.05, 0.1) is 12.2 Å². The Morgan fingerprint density at radius 2 is 1.90 bits per heavy atom. The van der Waals surface area contributed by atoms with Crippen LogP contribution in [0.25, 0.3) is 0 Å². The smallest absolute Gasteiger partial charge is 0.265 e. The highest BCUT2D eigenvalue weighted by Crippen LogP contribution is 2.34. The summed E-state index contributed by atoms with van der Waals surface area (Å²) in [4.78, 5) is 38.3. The number of nitrogens with zero attached hydrogens (tertiary/aromatic N) is 1. The molecule has 0 atom stereocenters. The van der Waals surface area contributed by atoms with Crippen molar-refractivity contribution in [3.63, 3.8) is 0 Å². The fraction of sp³-hybridized carbons (Fsp3) is 0.375. The molecule has 0 fully saturated rings. The van der Waals surface area contributed by atoms with Crippen molar-refractivity contribution in [1.29, 1.82) is 0 Å². The topological polar surface area (TPSA) is 75.7 Å². The molecule has 0 radical (unpaired) electrons.